The van der Waals surface area contributed by atoms with Gasteiger partial charge in [0, 0.05) is 51.9 Å². The van der Waals surface area contributed by atoms with Crippen LogP contribution in [0.5, 0.6) is 5.75 Å². The smallest absolute Gasteiger partial charge is 0.136 e. The van der Waals surface area contributed by atoms with Gasteiger partial charge in [-0.25, -0.2) is 0 Å². The highest BCUT2D eigenvalue weighted by Gasteiger charge is 2.32. The predicted molar refractivity (Wildman–Crippen MR) is 81.2 cm³/mol. The molecule has 2 heterocycles. The maximum Gasteiger partial charge on any atom is 0.136 e. The summed E-state index contributed by atoms with van der Waals surface area (Å²) >= 11 is 0. The second kappa shape index (κ2) is 6.44. The van der Waals surface area contributed by atoms with Gasteiger partial charge in [0.25, 0.3) is 0 Å². The van der Waals surface area contributed by atoms with Crippen LogP contribution < -0.4 is 10.1 Å². The normalized spacial score (nSPS) is 20.8. The van der Waals surface area contributed by atoms with E-state index in [1.165, 1.54) is 18.7 Å². The molecule has 2 saturated heterocycles. The zero-order chi connectivity index (χ0) is 14.7. The highest BCUT2D eigenvalue weighted by molar-refractivity contribution is 5.45. The van der Waals surface area contributed by atoms with E-state index in [0.717, 1.165) is 32.7 Å². The van der Waals surface area contributed by atoms with Gasteiger partial charge in [0.1, 0.15) is 11.8 Å². The summed E-state index contributed by atoms with van der Waals surface area (Å²) in [7, 11) is 1.60. The molecular formula is C16H22N4O. The van der Waals surface area contributed by atoms with Crippen LogP contribution in [0.15, 0.2) is 18.2 Å². The number of nitriles is 1. The maximum absolute atomic E-state index is 9.14. The van der Waals surface area contributed by atoms with Crippen molar-refractivity contribution < 1.29 is 4.74 Å². The first kappa shape index (κ1) is 14.3. The van der Waals surface area contributed by atoms with Crippen molar-refractivity contribution in [2.24, 2.45) is 0 Å². The summed E-state index contributed by atoms with van der Waals surface area (Å²) in [5.41, 5.74) is 1.81. The molecule has 5 heteroatoms. The SMILES string of the molecule is COc1ccc(CN2CC(N3CCNCC3)C2)cc1C#N. The number of nitrogens with zero attached hydrogens (tertiary/aromatic N) is 3. The summed E-state index contributed by atoms with van der Waals surface area (Å²) < 4.78 is 5.18. The summed E-state index contributed by atoms with van der Waals surface area (Å²) in [6, 6.07) is 8.79. The molecule has 2 aliphatic heterocycles. The lowest BCUT2D eigenvalue weighted by Crippen LogP contribution is -2.62. The van der Waals surface area contributed by atoms with Gasteiger partial charge >= 0.3 is 0 Å². The van der Waals surface area contributed by atoms with E-state index in [-0.39, 0.29) is 0 Å². The van der Waals surface area contributed by atoms with Crippen LogP contribution in [0.4, 0.5) is 0 Å². The summed E-state index contributed by atoms with van der Waals surface area (Å²) in [5, 5.41) is 12.5. The number of methoxy groups -OCH3 is 1. The number of benzene rings is 1. The minimum atomic E-state index is 0.620. The van der Waals surface area contributed by atoms with Crippen LogP contribution in [0.2, 0.25) is 0 Å². The number of ether oxygens (including phenoxy) is 1. The Morgan fingerprint density at radius 1 is 1.33 bits per heavy atom. The molecule has 3 rings (SSSR count). The first-order valence-corrected chi connectivity index (χ1v) is 7.54. The van der Waals surface area contributed by atoms with Crippen LogP contribution >= 0.6 is 0 Å². The number of hydrogen-bond donors (Lipinski definition) is 1. The third-order valence-corrected chi connectivity index (χ3v) is 4.40. The van der Waals surface area contributed by atoms with Crippen molar-refractivity contribution in [2.75, 3.05) is 46.4 Å². The second-order valence-corrected chi connectivity index (χ2v) is 5.78. The average Bonchev–Trinajstić information content (AvgIpc) is 2.51. The van der Waals surface area contributed by atoms with E-state index in [1.807, 2.05) is 12.1 Å². The molecule has 21 heavy (non-hydrogen) atoms. The number of likely N-dealkylation sites (tertiary alicyclic amines) is 1. The predicted octanol–water partition coefficient (Wildman–Crippen LogP) is 0.656. The number of piperazine rings is 1. The molecule has 0 aliphatic carbocycles. The first-order chi connectivity index (χ1) is 10.3. The Bertz CT molecular complexity index is 528. The summed E-state index contributed by atoms with van der Waals surface area (Å²) in [4.78, 5) is 5.03. The van der Waals surface area contributed by atoms with Crippen LogP contribution in [-0.2, 0) is 6.54 Å². The van der Waals surface area contributed by atoms with E-state index >= 15 is 0 Å². The van der Waals surface area contributed by atoms with E-state index < -0.39 is 0 Å². The van der Waals surface area contributed by atoms with Gasteiger partial charge in [-0.15, -0.1) is 0 Å². The quantitative estimate of drug-likeness (QED) is 0.881. The Morgan fingerprint density at radius 2 is 2.10 bits per heavy atom. The van der Waals surface area contributed by atoms with Gasteiger partial charge < -0.3 is 10.1 Å². The van der Waals surface area contributed by atoms with E-state index in [2.05, 4.69) is 27.3 Å². The van der Waals surface area contributed by atoms with Crippen LogP contribution in [0.25, 0.3) is 0 Å². The Labute approximate surface area is 126 Å². The fourth-order valence-corrected chi connectivity index (χ4v) is 3.15. The Morgan fingerprint density at radius 3 is 2.76 bits per heavy atom. The van der Waals surface area contributed by atoms with Gasteiger partial charge in [0.2, 0.25) is 0 Å². The number of nitrogens with one attached hydrogen (secondary N) is 1. The van der Waals surface area contributed by atoms with Crippen molar-refractivity contribution in [3.8, 4) is 11.8 Å². The molecule has 5 nitrogen and oxygen atoms in total. The van der Waals surface area contributed by atoms with Gasteiger partial charge in [-0.3, -0.25) is 9.80 Å². The molecule has 1 N–H and O–H groups in total. The van der Waals surface area contributed by atoms with Crippen molar-refractivity contribution in [1.82, 2.24) is 15.1 Å². The average molecular weight is 286 g/mol. The molecule has 0 aromatic heterocycles. The molecule has 0 radical (unpaired) electrons. The molecule has 2 aliphatic rings. The molecule has 0 amide bonds. The number of rotatable bonds is 4. The Hall–Kier alpha value is -1.61. The van der Waals surface area contributed by atoms with E-state index in [4.69, 9.17) is 10.00 Å². The van der Waals surface area contributed by atoms with Gasteiger partial charge in [0.05, 0.1) is 12.7 Å². The summed E-state index contributed by atoms with van der Waals surface area (Å²) in [6.45, 7) is 7.74. The third kappa shape index (κ3) is 3.18. The molecule has 0 saturated carbocycles. The monoisotopic (exact) mass is 286 g/mol. The molecule has 0 atom stereocenters. The van der Waals surface area contributed by atoms with Crippen molar-refractivity contribution in [3.63, 3.8) is 0 Å². The maximum atomic E-state index is 9.14. The summed E-state index contributed by atoms with van der Waals surface area (Å²) in [5.74, 6) is 0.656. The topological polar surface area (TPSA) is 51.5 Å². The Kier molecular flexibility index (Phi) is 4.39. The molecular weight excluding hydrogens is 264 g/mol. The van der Waals surface area contributed by atoms with E-state index in [0.29, 0.717) is 17.4 Å². The van der Waals surface area contributed by atoms with Gasteiger partial charge in [-0.05, 0) is 17.7 Å². The lowest BCUT2D eigenvalue weighted by atomic mass is 10.0. The molecule has 0 bridgehead atoms. The molecule has 0 spiro atoms. The van der Waals surface area contributed by atoms with Crippen molar-refractivity contribution in [1.29, 1.82) is 5.26 Å². The Balaban J connectivity index is 1.53. The van der Waals surface area contributed by atoms with Crippen molar-refractivity contribution in [3.05, 3.63) is 29.3 Å². The highest BCUT2D eigenvalue weighted by atomic mass is 16.5. The second-order valence-electron chi connectivity index (χ2n) is 5.78. The van der Waals surface area contributed by atoms with Crippen molar-refractivity contribution in [2.45, 2.75) is 12.6 Å². The third-order valence-electron chi connectivity index (χ3n) is 4.40. The van der Waals surface area contributed by atoms with E-state index in [9.17, 15) is 0 Å². The fraction of sp³-hybridized carbons (Fsp3) is 0.562. The molecule has 112 valence electrons. The van der Waals surface area contributed by atoms with Crippen LogP contribution in [0, 0.1) is 11.3 Å². The summed E-state index contributed by atoms with van der Waals surface area (Å²) in [6.07, 6.45) is 0. The molecule has 0 unspecified atom stereocenters. The molecule has 2 fully saturated rings. The van der Waals surface area contributed by atoms with Gasteiger partial charge in [-0.1, -0.05) is 6.07 Å². The van der Waals surface area contributed by atoms with Gasteiger partial charge in [-0.2, -0.15) is 5.26 Å². The molecule has 1 aromatic rings. The zero-order valence-corrected chi connectivity index (χ0v) is 12.5. The number of hydrogen-bond acceptors (Lipinski definition) is 5. The zero-order valence-electron chi connectivity index (χ0n) is 12.5. The fourth-order valence-electron chi connectivity index (χ4n) is 3.15. The standard InChI is InChI=1S/C16H22N4O/c1-21-16-3-2-13(8-14(16)9-17)10-19-11-15(12-19)20-6-4-18-5-7-20/h2-3,8,15,18H,4-7,10-12H2,1H3. The van der Waals surface area contributed by atoms with Crippen LogP contribution in [0.1, 0.15) is 11.1 Å². The largest absolute Gasteiger partial charge is 0.495 e. The van der Waals surface area contributed by atoms with E-state index in [1.54, 1.807) is 7.11 Å². The molecule has 1 aromatic carbocycles. The van der Waals surface area contributed by atoms with Gasteiger partial charge in [0.15, 0.2) is 0 Å². The minimum Gasteiger partial charge on any atom is -0.495 e. The lowest BCUT2D eigenvalue weighted by Gasteiger charge is -2.47. The minimum absolute atomic E-state index is 0.620. The first-order valence-electron chi connectivity index (χ1n) is 7.54. The van der Waals surface area contributed by atoms with Crippen LogP contribution in [0.3, 0.4) is 0 Å². The van der Waals surface area contributed by atoms with Crippen LogP contribution in [-0.4, -0.2) is 62.2 Å². The van der Waals surface area contributed by atoms with Crippen molar-refractivity contribution >= 4 is 0 Å². The highest BCUT2D eigenvalue weighted by Crippen LogP contribution is 2.22. The lowest BCUT2D eigenvalue weighted by molar-refractivity contribution is 0.0223.